The van der Waals surface area contributed by atoms with E-state index in [1.54, 1.807) is 6.07 Å². The van der Waals surface area contributed by atoms with Gasteiger partial charge in [0.2, 0.25) is 0 Å². The summed E-state index contributed by atoms with van der Waals surface area (Å²) in [5.74, 6) is 0. The first kappa shape index (κ1) is 11.3. The highest BCUT2D eigenvalue weighted by atomic mass is 35.5. The number of anilines is 1. The summed E-state index contributed by atoms with van der Waals surface area (Å²) < 4.78 is 0. The number of benzene rings is 1. The van der Waals surface area contributed by atoms with Crippen molar-refractivity contribution in [1.29, 1.82) is 5.26 Å². The Labute approximate surface area is 100 Å². The average Bonchev–Trinajstić information content (AvgIpc) is 2.31. The minimum atomic E-state index is 0.437. The van der Waals surface area contributed by atoms with Crippen molar-refractivity contribution in [2.45, 2.75) is 18.9 Å². The summed E-state index contributed by atoms with van der Waals surface area (Å²) in [6.45, 7) is 2.06. The Hall–Kier alpha value is -1.24. The van der Waals surface area contributed by atoms with E-state index in [0.29, 0.717) is 16.6 Å². The van der Waals surface area contributed by atoms with Gasteiger partial charge in [0, 0.05) is 6.04 Å². The number of halogens is 1. The second-order valence-electron chi connectivity index (χ2n) is 3.94. The van der Waals surface area contributed by atoms with Gasteiger partial charge in [-0.1, -0.05) is 17.7 Å². The van der Waals surface area contributed by atoms with Crippen LogP contribution in [-0.4, -0.2) is 19.1 Å². The summed E-state index contributed by atoms with van der Waals surface area (Å²) in [5.41, 5.74) is 1.39. The molecule has 1 saturated heterocycles. The fourth-order valence-electron chi connectivity index (χ4n) is 1.94. The summed E-state index contributed by atoms with van der Waals surface area (Å²) in [7, 11) is 0. The first-order valence-electron chi connectivity index (χ1n) is 5.47. The molecule has 16 heavy (non-hydrogen) atoms. The quantitative estimate of drug-likeness (QED) is 0.828. The minimum absolute atomic E-state index is 0.437. The van der Waals surface area contributed by atoms with Crippen molar-refractivity contribution in [2.24, 2.45) is 0 Å². The van der Waals surface area contributed by atoms with Gasteiger partial charge >= 0.3 is 0 Å². The van der Waals surface area contributed by atoms with Gasteiger partial charge in [-0.05, 0) is 38.1 Å². The van der Waals surface area contributed by atoms with E-state index in [-0.39, 0.29) is 0 Å². The molecule has 0 unspecified atom stereocenters. The number of piperidine rings is 1. The number of hydrogen-bond donors (Lipinski definition) is 2. The molecule has 0 aromatic heterocycles. The molecule has 4 heteroatoms. The van der Waals surface area contributed by atoms with E-state index < -0.39 is 0 Å². The van der Waals surface area contributed by atoms with E-state index in [1.807, 2.05) is 12.1 Å². The molecule has 2 N–H and O–H groups in total. The summed E-state index contributed by atoms with van der Waals surface area (Å²) in [4.78, 5) is 0. The standard InChI is InChI=1S/C12H14ClN3/c13-11-2-1-3-12(10(11)8-14)16-9-4-6-15-7-5-9/h1-3,9,15-16H,4-7H2. The summed E-state index contributed by atoms with van der Waals surface area (Å²) in [6, 6.07) is 8.10. The van der Waals surface area contributed by atoms with Crippen LogP contribution in [0.1, 0.15) is 18.4 Å². The number of nitrogens with zero attached hydrogens (tertiary/aromatic N) is 1. The molecule has 1 aromatic rings. The van der Waals surface area contributed by atoms with E-state index in [0.717, 1.165) is 31.6 Å². The van der Waals surface area contributed by atoms with E-state index in [2.05, 4.69) is 16.7 Å². The van der Waals surface area contributed by atoms with Crippen molar-refractivity contribution in [3.8, 4) is 6.07 Å². The Bertz CT molecular complexity index is 405. The highest BCUT2D eigenvalue weighted by Crippen LogP contribution is 2.24. The van der Waals surface area contributed by atoms with Crippen LogP contribution in [0.5, 0.6) is 0 Å². The molecule has 1 aromatic carbocycles. The summed E-state index contributed by atoms with van der Waals surface area (Å²) in [6.07, 6.45) is 2.16. The average molecular weight is 236 g/mol. The molecule has 0 aliphatic carbocycles. The van der Waals surface area contributed by atoms with Crippen LogP contribution < -0.4 is 10.6 Å². The van der Waals surface area contributed by atoms with Crippen LogP contribution >= 0.6 is 11.6 Å². The second kappa shape index (κ2) is 5.20. The van der Waals surface area contributed by atoms with Gasteiger partial charge in [0.05, 0.1) is 16.3 Å². The predicted octanol–water partition coefficient (Wildman–Crippen LogP) is 2.38. The SMILES string of the molecule is N#Cc1c(Cl)cccc1NC1CCNCC1. The van der Waals surface area contributed by atoms with Gasteiger partial charge in [-0.2, -0.15) is 5.26 Å². The lowest BCUT2D eigenvalue weighted by molar-refractivity contribution is 0.479. The van der Waals surface area contributed by atoms with Crippen LogP contribution in [0.2, 0.25) is 5.02 Å². The zero-order chi connectivity index (χ0) is 11.4. The van der Waals surface area contributed by atoms with Crippen molar-refractivity contribution in [1.82, 2.24) is 5.32 Å². The molecule has 1 aliphatic rings. The lowest BCUT2D eigenvalue weighted by Crippen LogP contribution is -2.35. The van der Waals surface area contributed by atoms with Crippen molar-refractivity contribution in [3.63, 3.8) is 0 Å². The summed E-state index contributed by atoms with van der Waals surface area (Å²) in [5, 5.41) is 16.3. The van der Waals surface area contributed by atoms with Crippen LogP contribution in [0.15, 0.2) is 18.2 Å². The van der Waals surface area contributed by atoms with Crippen molar-refractivity contribution < 1.29 is 0 Å². The number of nitriles is 1. The molecule has 0 amide bonds. The molecule has 84 valence electrons. The Kier molecular flexibility index (Phi) is 3.66. The molecule has 1 heterocycles. The Morgan fingerprint density at radius 2 is 2.12 bits per heavy atom. The first-order chi connectivity index (χ1) is 7.81. The molecule has 1 aliphatic heterocycles. The van der Waals surface area contributed by atoms with Crippen molar-refractivity contribution in [3.05, 3.63) is 28.8 Å². The lowest BCUT2D eigenvalue weighted by atomic mass is 10.1. The van der Waals surface area contributed by atoms with Crippen LogP contribution in [0, 0.1) is 11.3 Å². The maximum atomic E-state index is 9.04. The highest BCUT2D eigenvalue weighted by molar-refractivity contribution is 6.32. The molecule has 0 spiro atoms. The zero-order valence-electron chi connectivity index (χ0n) is 8.96. The third-order valence-corrected chi connectivity index (χ3v) is 3.14. The maximum Gasteiger partial charge on any atom is 0.103 e. The highest BCUT2D eigenvalue weighted by Gasteiger charge is 2.14. The molecule has 3 nitrogen and oxygen atoms in total. The van der Waals surface area contributed by atoms with Gasteiger partial charge in [-0.3, -0.25) is 0 Å². The number of hydrogen-bond acceptors (Lipinski definition) is 3. The largest absolute Gasteiger partial charge is 0.381 e. The molecular weight excluding hydrogens is 222 g/mol. The molecule has 0 atom stereocenters. The van der Waals surface area contributed by atoms with E-state index in [9.17, 15) is 0 Å². The lowest BCUT2D eigenvalue weighted by Gasteiger charge is -2.25. The van der Waals surface area contributed by atoms with E-state index in [1.165, 1.54) is 0 Å². The third kappa shape index (κ3) is 2.46. The predicted molar refractivity (Wildman–Crippen MR) is 65.7 cm³/mol. The van der Waals surface area contributed by atoms with Gasteiger partial charge in [-0.25, -0.2) is 0 Å². The fourth-order valence-corrected chi connectivity index (χ4v) is 2.16. The molecular formula is C12H14ClN3. The fraction of sp³-hybridized carbons (Fsp3) is 0.417. The van der Waals surface area contributed by atoms with Crippen molar-refractivity contribution >= 4 is 17.3 Å². The molecule has 2 rings (SSSR count). The van der Waals surface area contributed by atoms with Gasteiger partial charge < -0.3 is 10.6 Å². The van der Waals surface area contributed by atoms with Gasteiger partial charge in [0.15, 0.2) is 0 Å². The van der Waals surface area contributed by atoms with Gasteiger partial charge in [0.1, 0.15) is 6.07 Å². The second-order valence-corrected chi connectivity index (χ2v) is 4.35. The smallest absolute Gasteiger partial charge is 0.103 e. The van der Waals surface area contributed by atoms with Crippen molar-refractivity contribution in [2.75, 3.05) is 18.4 Å². The van der Waals surface area contributed by atoms with Gasteiger partial charge in [-0.15, -0.1) is 0 Å². The third-order valence-electron chi connectivity index (χ3n) is 2.82. The molecule has 0 saturated carbocycles. The van der Waals surface area contributed by atoms with Gasteiger partial charge in [0.25, 0.3) is 0 Å². The Balaban J connectivity index is 2.14. The van der Waals surface area contributed by atoms with Crippen LogP contribution in [0.4, 0.5) is 5.69 Å². The molecule has 1 fully saturated rings. The number of nitrogens with one attached hydrogen (secondary N) is 2. The zero-order valence-corrected chi connectivity index (χ0v) is 9.72. The topological polar surface area (TPSA) is 47.9 Å². The molecule has 0 bridgehead atoms. The Morgan fingerprint density at radius 1 is 1.38 bits per heavy atom. The van der Waals surface area contributed by atoms with E-state index in [4.69, 9.17) is 16.9 Å². The number of rotatable bonds is 2. The summed E-state index contributed by atoms with van der Waals surface area (Å²) >= 11 is 5.97. The van der Waals surface area contributed by atoms with E-state index >= 15 is 0 Å². The van der Waals surface area contributed by atoms with Crippen LogP contribution in [0.3, 0.4) is 0 Å². The first-order valence-corrected chi connectivity index (χ1v) is 5.85. The maximum absolute atomic E-state index is 9.04. The van der Waals surface area contributed by atoms with Crippen LogP contribution in [-0.2, 0) is 0 Å². The monoisotopic (exact) mass is 235 g/mol. The normalized spacial score (nSPS) is 16.8. The van der Waals surface area contributed by atoms with Crippen LogP contribution in [0.25, 0.3) is 0 Å². The molecule has 0 radical (unpaired) electrons. The minimum Gasteiger partial charge on any atom is -0.381 e. The Morgan fingerprint density at radius 3 is 2.81 bits per heavy atom.